The molecule has 1 heterocycles. The fraction of sp³-hybridized carbons (Fsp3) is 0.455. The van der Waals surface area contributed by atoms with E-state index in [0.29, 0.717) is 10.0 Å². The van der Waals surface area contributed by atoms with Crippen molar-refractivity contribution in [3.8, 4) is 5.75 Å². The molecule has 1 amide bonds. The number of pyridine rings is 1. The van der Waals surface area contributed by atoms with Crippen molar-refractivity contribution in [3.05, 3.63) is 22.2 Å². The van der Waals surface area contributed by atoms with Crippen LogP contribution in [-0.4, -0.2) is 43.8 Å². The molecule has 0 N–H and O–H groups in total. The summed E-state index contributed by atoms with van der Waals surface area (Å²) in [5.74, 6) is -1.10. The number of hydroxylamine groups is 2. The number of methoxy groups -OCH3 is 1. The smallest absolute Gasteiger partial charge is 0.271 e. The van der Waals surface area contributed by atoms with E-state index in [-0.39, 0.29) is 24.9 Å². The molecule has 0 aromatic carbocycles. The first kappa shape index (κ1) is 15.8. The minimum absolute atomic E-state index is 0.00644. The van der Waals surface area contributed by atoms with Crippen LogP contribution in [0.1, 0.15) is 5.56 Å². The first-order valence-corrected chi connectivity index (χ1v) is 6.05. The lowest BCUT2D eigenvalue weighted by atomic mass is 10.2. The van der Waals surface area contributed by atoms with Crippen molar-refractivity contribution in [2.45, 2.75) is 6.61 Å². The summed E-state index contributed by atoms with van der Waals surface area (Å²) in [5, 5.41) is 1.04. The lowest BCUT2D eigenvalue weighted by Crippen LogP contribution is -2.29. The zero-order chi connectivity index (χ0) is 14.4. The highest BCUT2D eigenvalue weighted by molar-refractivity contribution is 9.10. The second-order valence-electron chi connectivity index (χ2n) is 3.48. The van der Waals surface area contributed by atoms with Crippen molar-refractivity contribution in [2.24, 2.45) is 0 Å². The number of likely N-dealkylation sites (N-methyl/N-ethyl adjacent to an activating group) is 1. The van der Waals surface area contributed by atoms with Crippen LogP contribution in [0.4, 0.5) is 4.39 Å². The summed E-state index contributed by atoms with van der Waals surface area (Å²) in [5.41, 5.74) is 0.447. The molecular weight excluding hydrogens is 323 g/mol. The topological polar surface area (TPSA) is 60.9 Å². The van der Waals surface area contributed by atoms with Crippen molar-refractivity contribution in [1.82, 2.24) is 10.0 Å². The molecule has 0 radical (unpaired) electrons. The molecular formula is C11H14BrFN2O4. The Morgan fingerprint density at radius 2 is 2.21 bits per heavy atom. The van der Waals surface area contributed by atoms with Gasteiger partial charge in [-0.15, -0.1) is 0 Å². The fourth-order valence-electron chi connectivity index (χ4n) is 1.26. The van der Waals surface area contributed by atoms with Gasteiger partial charge in [0.1, 0.15) is 6.61 Å². The number of hydrogen-bond donors (Lipinski definition) is 0. The SMILES string of the molecule is COc1c(F)ncc(Br)c1COCC(=O)N(C)OC. The normalized spacial score (nSPS) is 10.4. The fourth-order valence-corrected chi connectivity index (χ4v) is 1.65. The highest BCUT2D eigenvalue weighted by atomic mass is 79.9. The second-order valence-corrected chi connectivity index (χ2v) is 4.33. The molecule has 0 aliphatic heterocycles. The van der Waals surface area contributed by atoms with Gasteiger partial charge in [-0.3, -0.25) is 9.63 Å². The summed E-state index contributed by atoms with van der Waals surface area (Å²) in [4.78, 5) is 19.6. The van der Waals surface area contributed by atoms with E-state index in [1.165, 1.54) is 27.5 Å². The van der Waals surface area contributed by atoms with Gasteiger partial charge < -0.3 is 9.47 Å². The third kappa shape index (κ3) is 4.12. The molecule has 8 heteroatoms. The lowest BCUT2D eigenvalue weighted by Gasteiger charge is -2.14. The number of carbonyl (C=O) groups excluding carboxylic acids is 1. The van der Waals surface area contributed by atoms with Crippen molar-refractivity contribution in [3.63, 3.8) is 0 Å². The molecule has 0 saturated heterocycles. The van der Waals surface area contributed by atoms with E-state index in [9.17, 15) is 9.18 Å². The monoisotopic (exact) mass is 336 g/mol. The third-order valence-electron chi connectivity index (χ3n) is 2.34. The molecule has 0 aliphatic carbocycles. The summed E-state index contributed by atoms with van der Waals surface area (Å²) >= 11 is 3.22. The molecule has 0 spiro atoms. The zero-order valence-electron chi connectivity index (χ0n) is 10.8. The molecule has 0 aliphatic rings. The molecule has 1 aromatic rings. The molecule has 106 valence electrons. The minimum atomic E-state index is -0.732. The number of halogens is 2. The standard InChI is InChI=1S/C11H14BrFN2O4/c1-15(18-3)9(16)6-19-5-7-8(12)4-14-11(13)10(7)17-2/h4H,5-6H2,1-3H3. The van der Waals surface area contributed by atoms with Crippen molar-refractivity contribution >= 4 is 21.8 Å². The van der Waals surface area contributed by atoms with Crippen LogP contribution in [0.25, 0.3) is 0 Å². The molecule has 0 unspecified atom stereocenters. The maximum atomic E-state index is 13.4. The third-order valence-corrected chi connectivity index (χ3v) is 3.03. The van der Waals surface area contributed by atoms with Gasteiger partial charge in [-0.1, -0.05) is 0 Å². The molecule has 19 heavy (non-hydrogen) atoms. The van der Waals surface area contributed by atoms with E-state index in [2.05, 4.69) is 20.9 Å². The van der Waals surface area contributed by atoms with E-state index >= 15 is 0 Å². The minimum Gasteiger partial charge on any atom is -0.492 e. The number of aromatic nitrogens is 1. The van der Waals surface area contributed by atoms with Crippen LogP contribution in [0.5, 0.6) is 5.75 Å². The Bertz CT molecular complexity index is 459. The predicted molar refractivity (Wildman–Crippen MR) is 67.9 cm³/mol. The molecule has 0 bridgehead atoms. The first-order valence-electron chi connectivity index (χ1n) is 5.26. The highest BCUT2D eigenvalue weighted by Gasteiger charge is 2.15. The van der Waals surface area contributed by atoms with Crippen molar-refractivity contribution < 1.29 is 23.5 Å². The number of hydrogen-bond acceptors (Lipinski definition) is 5. The number of rotatable bonds is 6. The van der Waals surface area contributed by atoms with E-state index in [4.69, 9.17) is 14.3 Å². The molecule has 0 saturated carbocycles. The van der Waals surface area contributed by atoms with Crippen molar-refractivity contribution in [1.29, 1.82) is 0 Å². The molecule has 1 aromatic heterocycles. The Labute approximate surface area is 118 Å². The van der Waals surface area contributed by atoms with Crippen LogP contribution >= 0.6 is 15.9 Å². The number of amides is 1. The van der Waals surface area contributed by atoms with E-state index < -0.39 is 5.95 Å². The summed E-state index contributed by atoms with van der Waals surface area (Å²) in [6.07, 6.45) is 1.31. The highest BCUT2D eigenvalue weighted by Crippen LogP contribution is 2.28. The maximum Gasteiger partial charge on any atom is 0.271 e. The Balaban J connectivity index is 2.68. The van der Waals surface area contributed by atoms with Crippen LogP contribution in [-0.2, 0) is 21.0 Å². The van der Waals surface area contributed by atoms with Gasteiger partial charge in [0, 0.05) is 23.3 Å². The van der Waals surface area contributed by atoms with Gasteiger partial charge in [0.15, 0.2) is 5.75 Å². The van der Waals surface area contributed by atoms with E-state index in [1.807, 2.05) is 0 Å². The Kier molecular flexibility index (Phi) is 6.13. The average molecular weight is 337 g/mol. The van der Waals surface area contributed by atoms with Gasteiger partial charge in [-0.25, -0.2) is 10.0 Å². The zero-order valence-corrected chi connectivity index (χ0v) is 12.4. The lowest BCUT2D eigenvalue weighted by molar-refractivity contribution is -0.173. The number of carbonyl (C=O) groups is 1. The van der Waals surface area contributed by atoms with Crippen LogP contribution < -0.4 is 4.74 Å². The first-order chi connectivity index (χ1) is 9.01. The van der Waals surface area contributed by atoms with Crippen LogP contribution in [0.3, 0.4) is 0 Å². The van der Waals surface area contributed by atoms with E-state index in [0.717, 1.165) is 5.06 Å². The summed E-state index contributed by atoms with van der Waals surface area (Å²) in [6.45, 7) is -0.184. The number of ether oxygens (including phenoxy) is 2. The predicted octanol–water partition coefficient (Wildman–Crippen LogP) is 1.53. The Hall–Kier alpha value is -1.25. The van der Waals surface area contributed by atoms with Crippen molar-refractivity contribution in [2.75, 3.05) is 27.9 Å². The molecule has 6 nitrogen and oxygen atoms in total. The quantitative estimate of drug-likeness (QED) is 0.582. The summed E-state index contributed by atoms with van der Waals surface area (Å²) in [6, 6.07) is 0. The maximum absolute atomic E-state index is 13.4. The molecule has 0 fully saturated rings. The number of nitrogens with zero attached hydrogens (tertiary/aromatic N) is 2. The van der Waals surface area contributed by atoms with Crippen LogP contribution in [0, 0.1) is 5.95 Å². The summed E-state index contributed by atoms with van der Waals surface area (Å²) < 4.78 is 24.1. The van der Waals surface area contributed by atoms with Gasteiger partial charge >= 0.3 is 0 Å². The van der Waals surface area contributed by atoms with Gasteiger partial charge in [0.25, 0.3) is 11.9 Å². The molecule has 0 atom stereocenters. The average Bonchev–Trinajstić information content (AvgIpc) is 2.41. The van der Waals surface area contributed by atoms with Gasteiger partial charge in [-0.05, 0) is 15.9 Å². The van der Waals surface area contributed by atoms with Gasteiger partial charge in [-0.2, -0.15) is 4.39 Å². The Morgan fingerprint density at radius 1 is 1.53 bits per heavy atom. The second kappa shape index (κ2) is 7.37. The Morgan fingerprint density at radius 3 is 2.79 bits per heavy atom. The van der Waals surface area contributed by atoms with Gasteiger partial charge in [0.05, 0.1) is 20.8 Å². The largest absolute Gasteiger partial charge is 0.492 e. The van der Waals surface area contributed by atoms with E-state index in [1.54, 1.807) is 0 Å². The summed E-state index contributed by atoms with van der Waals surface area (Å²) in [7, 11) is 4.17. The van der Waals surface area contributed by atoms with Crippen LogP contribution in [0.2, 0.25) is 0 Å². The van der Waals surface area contributed by atoms with Crippen LogP contribution in [0.15, 0.2) is 10.7 Å². The van der Waals surface area contributed by atoms with Gasteiger partial charge in [0.2, 0.25) is 0 Å². The molecule has 1 rings (SSSR count).